The number of nitrogens with zero attached hydrogens (tertiary/aromatic N) is 11. The first-order chi connectivity index (χ1) is 69.5. The molecule has 662 valence electrons. The second-order valence-electron chi connectivity index (χ2n) is 34.8. The van der Waals surface area contributed by atoms with Crippen LogP contribution in [0.1, 0.15) is 0 Å². The van der Waals surface area contributed by atoms with Crippen LogP contribution in [0.3, 0.4) is 0 Å². The van der Waals surface area contributed by atoms with Crippen molar-refractivity contribution in [2.75, 3.05) is 19.6 Å². The summed E-state index contributed by atoms with van der Waals surface area (Å²) in [5.74, 6) is 0. The lowest BCUT2D eigenvalue weighted by Crippen LogP contribution is -2.10. The van der Waals surface area contributed by atoms with Crippen molar-refractivity contribution in [2.24, 2.45) is 0 Å². The van der Waals surface area contributed by atoms with Crippen molar-refractivity contribution in [1.82, 2.24) is 33.2 Å². The average molecular weight is 1800 g/mol. The zero-order chi connectivity index (χ0) is 93.0. The van der Waals surface area contributed by atoms with Gasteiger partial charge in [-0.15, -0.1) is 0 Å². The lowest BCUT2D eigenvalue weighted by Gasteiger charge is -2.25. The van der Waals surface area contributed by atoms with E-state index in [1.165, 1.54) is 76.2 Å². The monoisotopic (exact) mass is 1790 g/mol. The van der Waals surface area contributed by atoms with Gasteiger partial charge in [-0.05, 0) is 259 Å². The Balaban J connectivity index is 0.000000115. The molecule has 0 saturated carbocycles. The lowest BCUT2D eigenvalue weighted by atomic mass is 10.0. The van der Waals surface area contributed by atoms with Crippen LogP contribution in [-0.2, 0) is 0 Å². The predicted molar refractivity (Wildman–Crippen MR) is 585 cm³/mol. The van der Waals surface area contributed by atoms with E-state index in [9.17, 15) is 0 Å². The molecule has 0 saturated heterocycles. The molecule has 0 aliphatic rings. The summed E-state index contributed by atoms with van der Waals surface area (Å²) in [5, 5.41) is 9.76. The van der Waals surface area contributed by atoms with Gasteiger partial charge in [0, 0.05) is 152 Å². The van der Waals surface area contributed by atoms with Gasteiger partial charge in [0.1, 0.15) is 0 Å². The Morgan fingerprint density at radius 1 is 0.121 bits per heavy atom. The molecule has 0 atom stereocenters. The van der Waals surface area contributed by atoms with Gasteiger partial charge in [0.05, 0.1) is 79.8 Å². The lowest BCUT2D eigenvalue weighted by molar-refractivity contribution is 1.16. The minimum atomic E-state index is 1.00. The number of hydrogen-bond acceptors (Lipinski definition) is 7. The summed E-state index contributed by atoms with van der Waals surface area (Å²) in [5.41, 5.74) is 33.5. The number of aromatic nitrogens is 7. The van der Waals surface area contributed by atoms with E-state index in [0.29, 0.717) is 0 Å². The fraction of sp³-hybridized carbons (Fsp3) is 0. The predicted octanol–water partition coefficient (Wildman–Crippen LogP) is 34.5. The van der Waals surface area contributed by atoms with Gasteiger partial charge in [0.15, 0.2) is 0 Å². The number of pyridine rings is 3. The largest absolute Gasteiger partial charge is 0.310 e. The molecule has 0 aliphatic heterocycles. The highest BCUT2D eigenvalue weighted by molar-refractivity contribution is 6.15. The van der Waals surface area contributed by atoms with Crippen LogP contribution in [0.5, 0.6) is 0 Å². The van der Waals surface area contributed by atoms with E-state index in [1.807, 2.05) is 61.4 Å². The third-order valence-corrected chi connectivity index (χ3v) is 26.4. The van der Waals surface area contributed by atoms with E-state index >= 15 is 0 Å². The number of benzene rings is 19. The van der Waals surface area contributed by atoms with Crippen molar-refractivity contribution < 1.29 is 0 Å². The highest BCUT2D eigenvalue weighted by Crippen LogP contribution is 2.47. The maximum atomic E-state index is 4.78. The van der Waals surface area contributed by atoms with Gasteiger partial charge in [0.25, 0.3) is 0 Å². The number of rotatable bonds is 19. The van der Waals surface area contributed by atoms with Gasteiger partial charge >= 0.3 is 0 Å². The number of hydrogen-bond donors (Lipinski definition) is 0. The molecule has 0 radical (unpaired) electrons. The fourth-order valence-electron chi connectivity index (χ4n) is 20.1. The molecule has 0 spiro atoms. The summed E-state index contributed by atoms with van der Waals surface area (Å²) < 4.78 is 9.49. The van der Waals surface area contributed by atoms with Gasteiger partial charge in [-0.2, -0.15) is 0 Å². The number of para-hydroxylation sites is 14. The molecule has 19 aromatic carbocycles. The first kappa shape index (κ1) is 84.1. The van der Waals surface area contributed by atoms with Crippen LogP contribution >= 0.6 is 0 Å². The molecule has 7 aromatic heterocycles. The van der Waals surface area contributed by atoms with Crippen LogP contribution in [0, 0.1) is 0 Å². The van der Waals surface area contributed by atoms with Gasteiger partial charge in [-0.3, -0.25) is 15.0 Å². The third-order valence-electron chi connectivity index (χ3n) is 26.4. The topological polar surface area (TPSA) is 71.4 Å². The molecule has 0 aliphatic carbocycles. The number of fused-ring (bicyclic) bond motifs is 12. The Bertz CT molecular complexity index is 8700. The minimum absolute atomic E-state index is 1.00. The Morgan fingerprint density at radius 2 is 0.329 bits per heavy atom. The van der Waals surface area contributed by atoms with E-state index in [0.717, 1.165) is 135 Å². The molecule has 0 unspecified atom stereocenters. The third kappa shape index (κ3) is 16.1. The van der Waals surface area contributed by atoms with Crippen molar-refractivity contribution in [1.29, 1.82) is 0 Å². The molecule has 0 bridgehead atoms. The second-order valence-corrected chi connectivity index (χ2v) is 34.8. The summed E-state index contributed by atoms with van der Waals surface area (Å²) in [6.45, 7) is 0. The van der Waals surface area contributed by atoms with E-state index in [4.69, 9.17) is 9.97 Å². The average Bonchev–Trinajstić information content (AvgIpc) is 1.57. The molecule has 0 amide bonds. The van der Waals surface area contributed by atoms with Crippen LogP contribution < -0.4 is 19.6 Å². The van der Waals surface area contributed by atoms with E-state index in [2.05, 4.69) is 534 Å². The van der Waals surface area contributed by atoms with Crippen molar-refractivity contribution in [3.05, 3.63) is 553 Å². The second kappa shape index (κ2) is 37.5. The molecule has 26 rings (SSSR count). The Hall–Kier alpha value is -19.0. The Labute approximate surface area is 811 Å². The van der Waals surface area contributed by atoms with Crippen molar-refractivity contribution in [3.63, 3.8) is 0 Å². The first-order valence-electron chi connectivity index (χ1n) is 47.3. The SMILES string of the molecule is c1ccc(N(c2ccccc2)c2cncc(-c3ccc4c(c3)c3cc(-n5c6ccccc6c6ccccc65)ccc3n4-c3ccccc3)c2)cc1.c1ccc(N(c2ccccc2)c2cncc(-c3ccc4c(c3)c3cc(N(c5ccccc5)c5ccccc5)ccc3n4-c3ccccc3)c2)cc1.c1ccc(N(c2ccccc2)c2cncc(-c3ccc4c(c3)c3ccccc3n4-c3ccccc3)c2)cc1. The molecule has 11 heteroatoms. The quantitative estimate of drug-likeness (QED) is 0.0799. The van der Waals surface area contributed by atoms with Crippen molar-refractivity contribution >= 4 is 155 Å². The Morgan fingerprint density at radius 3 is 0.621 bits per heavy atom. The molecule has 26 aromatic rings. The van der Waals surface area contributed by atoms with Crippen LogP contribution in [0.15, 0.2) is 553 Å². The van der Waals surface area contributed by atoms with Gasteiger partial charge in [0.2, 0.25) is 0 Å². The molecule has 11 nitrogen and oxygen atoms in total. The minimum Gasteiger partial charge on any atom is -0.310 e. The fourth-order valence-corrected chi connectivity index (χ4v) is 20.1. The smallest absolute Gasteiger partial charge is 0.0651 e. The van der Waals surface area contributed by atoms with Crippen molar-refractivity contribution in [3.8, 4) is 56.1 Å². The molecular formula is C129H91N11. The van der Waals surface area contributed by atoms with Crippen LogP contribution in [0.25, 0.3) is 143 Å². The van der Waals surface area contributed by atoms with Crippen molar-refractivity contribution in [2.45, 2.75) is 0 Å². The highest BCUT2D eigenvalue weighted by Gasteiger charge is 2.25. The summed E-state index contributed by atoms with van der Waals surface area (Å²) in [4.78, 5) is 23.3. The highest BCUT2D eigenvalue weighted by atomic mass is 15.2. The van der Waals surface area contributed by atoms with Crippen LogP contribution in [-0.4, -0.2) is 33.2 Å². The van der Waals surface area contributed by atoms with Crippen LogP contribution in [0.2, 0.25) is 0 Å². The molecule has 7 heterocycles. The van der Waals surface area contributed by atoms with Gasteiger partial charge < -0.3 is 37.9 Å². The van der Waals surface area contributed by atoms with E-state index in [1.54, 1.807) is 0 Å². The van der Waals surface area contributed by atoms with E-state index < -0.39 is 0 Å². The summed E-state index contributed by atoms with van der Waals surface area (Å²) in [6, 6.07) is 183. The maximum Gasteiger partial charge on any atom is 0.0651 e. The normalized spacial score (nSPS) is 11.3. The van der Waals surface area contributed by atoms with Gasteiger partial charge in [-0.1, -0.05) is 273 Å². The molecular weight excluding hydrogens is 1700 g/mol. The zero-order valence-corrected chi connectivity index (χ0v) is 76.5. The Kier molecular flexibility index (Phi) is 22.5. The maximum absolute atomic E-state index is 4.78. The number of anilines is 12. The first-order valence-corrected chi connectivity index (χ1v) is 47.3. The standard InChI is InChI=1S/C47H32N4.C47H34N4.C35H25N3/c1-4-14-35(15-5-1)49(36-16-6-2-7-17-36)39-28-34(31-48-32-39)33-24-26-46-42(29-33)43-30-38(25-27-47(43)50(46)37-18-8-3-9-19-37)51-44-22-12-10-20-40(44)41-21-11-13-23-45(41)51;1-6-16-37(17-7-1)49(38-18-8-2-9-19-38)42-27-29-47-45(32-42)44-31-35(26-28-46(44)51(47)41-24-14-5-15-25-41)36-30-43(34-48-33-36)50(39-20-10-3-11-21-39)40-22-12-4-13-23-40;1-4-12-28(13-5-1)37(29-14-6-2-7-15-29)31-22-27(24-36-25-31)26-20-21-35-33(23-26)32-18-10-11-19-34(32)38(35)30-16-8-3-9-17-30/h1-32H;1-34H;1-25H. The summed E-state index contributed by atoms with van der Waals surface area (Å²) in [7, 11) is 0. The molecule has 0 fully saturated rings. The van der Waals surface area contributed by atoms with E-state index in [-0.39, 0.29) is 0 Å². The van der Waals surface area contributed by atoms with Gasteiger partial charge in [-0.25, -0.2) is 0 Å². The summed E-state index contributed by atoms with van der Waals surface area (Å²) >= 11 is 0. The van der Waals surface area contributed by atoms with Crippen LogP contribution in [0.4, 0.5) is 68.2 Å². The molecule has 0 N–H and O–H groups in total. The molecule has 140 heavy (non-hydrogen) atoms. The summed E-state index contributed by atoms with van der Waals surface area (Å²) in [6.07, 6.45) is 11.7. The zero-order valence-electron chi connectivity index (χ0n) is 76.5.